The minimum atomic E-state index is -0.990. The van der Waals surface area contributed by atoms with Gasteiger partial charge in [0.1, 0.15) is 17.8 Å². The summed E-state index contributed by atoms with van der Waals surface area (Å²) in [5.74, 6) is 1.46. The second-order valence-corrected chi connectivity index (χ2v) is 7.36. The van der Waals surface area contributed by atoms with Crippen LogP contribution in [-0.2, 0) is 0 Å². The standard InChI is InChI=1S/C22H27ClN6O3/c1-32-19-4-3-16(23)14-18(19)29(21(31)5-8-24)22-27-11-7-17(28-22)15-6-10-26-20(13-15)25-9-2-12-30/h3-4,6-7,10-11,13-14,21,30-31H,2,5,8-9,12,24H2,1H3,(H,25,26). The number of hydrogen-bond acceptors (Lipinski definition) is 9. The summed E-state index contributed by atoms with van der Waals surface area (Å²) in [4.78, 5) is 14.9. The number of anilines is 3. The zero-order valence-corrected chi connectivity index (χ0v) is 18.5. The van der Waals surface area contributed by atoms with Gasteiger partial charge in [-0.05, 0) is 49.4 Å². The molecule has 0 saturated heterocycles. The van der Waals surface area contributed by atoms with Gasteiger partial charge in [-0.25, -0.2) is 15.0 Å². The van der Waals surface area contributed by atoms with Crippen molar-refractivity contribution in [3.8, 4) is 17.0 Å². The van der Waals surface area contributed by atoms with E-state index in [1.807, 2.05) is 12.1 Å². The first-order valence-electron chi connectivity index (χ1n) is 10.2. The molecular weight excluding hydrogens is 432 g/mol. The van der Waals surface area contributed by atoms with Gasteiger partial charge >= 0.3 is 0 Å². The zero-order valence-electron chi connectivity index (χ0n) is 17.8. The number of nitrogens with one attached hydrogen (secondary N) is 1. The van der Waals surface area contributed by atoms with E-state index in [0.717, 1.165) is 5.56 Å². The number of aliphatic hydroxyl groups excluding tert-OH is 2. The molecule has 0 aliphatic rings. The molecule has 0 aliphatic carbocycles. The molecule has 9 nitrogen and oxygen atoms in total. The van der Waals surface area contributed by atoms with Crippen LogP contribution in [-0.4, -0.2) is 58.2 Å². The Balaban J connectivity index is 2.01. The zero-order chi connectivity index (χ0) is 22.9. The van der Waals surface area contributed by atoms with Crippen molar-refractivity contribution in [2.75, 3.05) is 37.0 Å². The monoisotopic (exact) mass is 458 g/mol. The SMILES string of the molecule is COc1ccc(Cl)cc1N(c1nccc(-c2ccnc(NCCCO)c2)n1)C(O)CCN. The minimum absolute atomic E-state index is 0.107. The number of ether oxygens (including phenoxy) is 1. The lowest BCUT2D eigenvalue weighted by molar-refractivity contribution is 0.171. The number of pyridine rings is 1. The Morgan fingerprint density at radius 3 is 2.75 bits per heavy atom. The summed E-state index contributed by atoms with van der Waals surface area (Å²) in [6.45, 7) is 0.985. The Labute approximate surface area is 191 Å². The summed E-state index contributed by atoms with van der Waals surface area (Å²) in [7, 11) is 1.54. The number of aliphatic hydroxyl groups is 2. The van der Waals surface area contributed by atoms with Gasteiger partial charge in [-0.15, -0.1) is 0 Å². The molecule has 2 aromatic heterocycles. The number of halogens is 1. The molecule has 1 atom stereocenters. The van der Waals surface area contributed by atoms with Crippen LogP contribution in [0.15, 0.2) is 48.8 Å². The molecule has 1 aromatic carbocycles. The van der Waals surface area contributed by atoms with Crippen LogP contribution in [0.3, 0.4) is 0 Å². The van der Waals surface area contributed by atoms with Gasteiger partial charge in [0, 0.05) is 42.6 Å². The Hall–Kier alpha value is -2.98. The third kappa shape index (κ3) is 5.83. The number of aromatic nitrogens is 3. The third-order valence-corrected chi connectivity index (χ3v) is 4.91. The predicted octanol–water partition coefficient (Wildman–Crippen LogP) is 2.80. The van der Waals surface area contributed by atoms with Crippen LogP contribution in [0.2, 0.25) is 5.02 Å². The quantitative estimate of drug-likeness (QED) is 0.253. The Morgan fingerprint density at radius 1 is 1.19 bits per heavy atom. The Kier molecular flexibility index (Phi) is 8.57. The maximum atomic E-state index is 10.9. The fourth-order valence-electron chi connectivity index (χ4n) is 3.14. The molecule has 0 saturated carbocycles. The van der Waals surface area contributed by atoms with Gasteiger partial charge in [0.25, 0.3) is 0 Å². The number of nitrogens with two attached hydrogens (primary N) is 1. The predicted molar refractivity (Wildman–Crippen MR) is 125 cm³/mol. The highest BCUT2D eigenvalue weighted by molar-refractivity contribution is 6.31. The third-order valence-electron chi connectivity index (χ3n) is 4.68. The van der Waals surface area contributed by atoms with E-state index in [0.29, 0.717) is 40.9 Å². The summed E-state index contributed by atoms with van der Waals surface area (Å²) in [6, 6.07) is 10.6. The van der Waals surface area contributed by atoms with Gasteiger partial charge in [0.2, 0.25) is 5.95 Å². The topological polar surface area (TPSA) is 130 Å². The van der Waals surface area contributed by atoms with Gasteiger partial charge in [-0.3, -0.25) is 4.90 Å². The summed E-state index contributed by atoms with van der Waals surface area (Å²) >= 11 is 6.22. The second kappa shape index (κ2) is 11.6. The van der Waals surface area contributed by atoms with Crippen LogP contribution in [0, 0.1) is 0 Å². The maximum Gasteiger partial charge on any atom is 0.232 e. The highest BCUT2D eigenvalue weighted by Gasteiger charge is 2.24. The van der Waals surface area contributed by atoms with Crippen LogP contribution < -0.4 is 20.7 Å². The highest BCUT2D eigenvalue weighted by atomic mass is 35.5. The molecule has 0 aliphatic heterocycles. The molecule has 0 radical (unpaired) electrons. The first-order chi connectivity index (χ1) is 15.6. The number of hydrogen-bond donors (Lipinski definition) is 4. The van der Waals surface area contributed by atoms with Gasteiger partial charge in [0.15, 0.2) is 0 Å². The largest absolute Gasteiger partial charge is 0.495 e. The van der Waals surface area contributed by atoms with Crippen LogP contribution in [0.25, 0.3) is 11.3 Å². The second-order valence-electron chi connectivity index (χ2n) is 6.92. The molecule has 2 heterocycles. The maximum absolute atomic E-state index is 10.9. The molecule has 0 bridgehead atoms. The van der Waals surface area contributed by atoms with Crippen LogP contribution in [0.1, 0.15) is 12.8 Å². The average Bonchev–Trinajstić information content (AvgIpc) is 2.80. The molecular formula is C22H27ClN6O3. The van der Waals surface area contributed by atoms with Gasteiger partial charge in [0.05, 0.1) is 18.5 Å². The van der Waals surface area contributed by atoms with Crippen molar-refractivity contribution in [2.24, 2.45) is 5.73 Å². The van der Waals surface area contributed by atoms with E-state index < -0.39 is 6.23 Å². The first-order valence-corrected chi connectivity index (χ1v) is 10.6. The van der Waals surface area contributed by atoms with Crippen molar-refractivity contribution in [3.63, 3.8) is 0 Å². The van der Waals surface area contributed by atoms with Crippen LogP contribution in [0.4, 0.5) is 17.5 Å². The Morgan fingerprint density at radius 2 is 2.00 bits per heavy atom. The van der Waals surface area contributed by atoms with Crippen molar-refractivity contribution in [3.05, 3.63) is 53.8 Å². The molecule has 170 valence electrons. The molecule has 5 N–H and O–H groups in total. The van der Waals surface area contributed by atoms with Gasteiger partial charge in [-0.2, -0.15) is 0 Å². The number of rotatable bonds is 11. The smallest absolute Gasteiger partial charge is 0.232 e. The van der Waals surface area contributed by atoms with E-state index in [1.54, 1.807) is 48.7 Å². The van der Waals surface area contributed by atoms with E-state index in [2.05, 4.69) is 20.3 Å². The van der Waals surface area contributed by atoms with Crippen molar-refractivity contribution in [1.29, 1.82) is 0 Å². The minimum Gasteiger partial charge on any atom is -0.495 e. The summed E-state index contributed by atoms with van der Waals surface area (Å²) < 4.78 is 5.48. The highest BCUT2D eigenvalue weighted by Crippen LogP contribution is 2.36. The van der Waals surface area contributed by atoms with E-state index in [4.69, 9.17) is 27.2 Å². The van der Waals surface area contributed by atoms with Crippen LogP contribution >= 0.6 is 11.6 Å². The van der Waals surface area contributed by atoms with Crippen molar-refractivity contribution >= 4 is 29.1 Å². The molecule has 0 fully saturated rings. The van der Waals surface area contributed by atoms with Crippen molar-refractivity contribution in [2.45, 2.75) is 19.1 Å². The van der Waals surface area contributed by atoms with Crippen LogP contribution in [0.5, 0.6) is 5.75 Å². The molecule has 0 spiro atoms. The van der Waals surface area contributed by atoms with E-state index in [9.17, 15) is 5.11 Å². The molecule has 0 amide bonds. The van der Waals surface area contributed by atoms with Gasteiger partial charge in [-0.1, -0.05) is 11.6 Å². The molecule has 10 heteroatoms. The molecule has 32 heavy (non-hydrogen) atoms. The fraction of sp³-hybridized carbons (Fsp3) is 0.318. The van der Waals surface area contributed by atoms with Crippen molar-refractivity contribution < 1.29 is 14.9 Å². The van der Waals surface area contributed by atoms with Gasteiger partial charge < -0.3 is 26.0 Å². The fourth-order valence-corrected chi connectivity index (χ4v) is 3.30. The molecule has 3 aromatic rings. The summed E-state index contributed by atoms with van der Waals surface area (Å²) in [5, 5.41) is 23.5. The lowest BCUT2D eigenvalue weighted by Gasteiger charge is -2.29. The number of methoxy groups -OCH3 is 1. The van der Waals surface area contributed by atoms with E-state index in [1.165, 1.54) is 0 Å². The number of benzene rings is 1. The lowest BCUT2D eigenvalue weighted by atomic mass is 10.2. The summed E-state index contributed by atoms with van der Waals surface area (Å²) in [5.41, 5.74) is 7.69. The molecule has 3 rings (SSSR count). The van der Waals surface area contributed by atoms with Crippen molar-refractivity contribution in [1.82, 2.24) is 15.0 Å². The van der Waals surface area contributed by atoms with E-state index in [-0.39, 0.29) is 25.5 Å². The normalized spacial score (nSPS) is 11.8. The summed E-state index contributed by atoms with van der Waals surface area (Å²) in [6.07, 6.45) is 3.22. The van der Waals surface area contributed by atoms with E-state index >= 15 is 0 Å². The average molecular weight is 459 g/mol. The number of nitrogens with zero attached hydrogens (tertiary/aromatic N) is 4. The molecule has 1 unspecified atom stereocenters. The first kappa shape index (κ1) is 23.7. The Bertz CT molecular complexity index is 1020. The lowest BCUT2D eigenvalue weighted by Crippen LogP contribution is -2.34.